The molecule has 0 aliphatic carbocycles. The number of benzene rings is 3. The van der Waals surface area contributed by atoms with Crippen LogP contribution in [0, 0.1) is 11.3 Å². The number of hydrogen-bond donors (Lipinski definition) is 13. The van der Waals surface area contributed by atoms with Gasteiger partial charge in [-0.25, -0.2) is 9.97 Å². The van der Waals surface area contributed by atoms with Crippen LogP contribution < -0.4 is 54.0 Å². The summed E-state index contributed by atoms with van der Waals surface area (Å²) in [6.45, 7) is 9.18. The van der Waals surface area contributed by atoms with E-state index in [1.165, 1.54) is 32.0 Å². The lowest BCUT2D eigenvalue weighted by atomic mass is 9.85. The molecule has 0 bridgehead atoms. The Kier molecular flexibility index (Phi) is 22.0. The first-order valence-corrected chi connectivity index (χ1v) is 27.1. The van der Waals surface area contributed by atoms with Gasteiger partial charge >= 0.3 is 0 Å². The van der Waals surface area contributed by atoms with Crippen LogP contribution in [0.4, 0.5) is 0 Å². The van der Waals surface area contributed by atoms with Crippen LogP contribution in [-0.2, 0) is 75.3 Å². The number of hydrogen-bond acceptors (Lipinski definition) is 12. The average Bonchev–Trinajstić information content (AvgIpc) is 4.37. The molecule has 3 heterocycles. The predicted octanol–water partition coefficient (Wildman–Crippen LogP) is 0.825. The maximum Gasteiger partial charge on any atom is 0.243 e. The van der Waals surface area contributed by atoms with Gasteiger partial charge in [0.15, 0.2) is 0 Å². The van der Waals surface area contributed by atoms with Gasteiger partial charge < -0.3 is 69.0 Å². The summed E-state index contributed by atoms with van der Waals surface area (Å²) < 4.78 is 0. The summed E-state index contributed by atoms with van der Waals surface area (Å²) in [7, 11) is 0. The summed E-state index contributed by atoms with van der Waals surface area (Å²) in [5, 5.41) is 22.5. The van der Waals surface area contributed by atoms with E-state index < -0.39 is 119 Å². The van der Waals surface area contributed by atoms with Crippen molar-refractivity contribution in [3.05, 3.63) is 143 Å². The minimum Gasteiger partial charge on any atom is -0.368 e. The van der Waals surface area contributed by atoms with Gasteiger partial charge in [0.05, 0.1) is 25.2 Å². The van der Waals surface area contributed by atoms with Gasteiger partial charge in [-0.05, 0) is 53.5 Å². The third-order valence-corrected chi connectivity index (χ3v) is 13.9. The number of imidazole rings is 2. The number of carbonyl (C=O) groups is 9. The van der Waals surface area contributed by atoms with Gasteiger partial charge in [0.2, 0.25) is 53.2 Å². The first-order valence-electron chi connectivity index (χ1n) is 26.7. The third-order valence-electron chi connectivity index (χ3n) is 13.5. The largest absolute Gasteiger partial charge is 0.368 e. The number of fused-ring (bicyclic) bond motifs is 1. The normalized spacial score (nSPS) is 14.4. The molecule has 6 rings (SSSR count). The number of nitrogens with one attached hydrogen (secondary N) is 11. The Morgan fingerprint density at radius 3 is 1.73 bits per heavy atom. The van der Waals surface area contributed by atoms with Crippen LogP contribution in [0.1, 0.15) is 69.6 Å². The number of H-pyrrole nitrogens is 3. The Hall–Kier alpha value is -8.90. The number of carbonyl (C=O) groups excluding carboxylic acids is 9. The molecule has 3 aromatic heterocycles. The predicted molar refractivity (Wildman–Crippen MR) is 306 cm³/mol. The highest BCUT2D eigenvalue weighted by Gasteiger charge is 2.38. The highest BCUT2D eigenvalue weighted by atomic mass is 35.5. The summed E-state index contributed by atoms with van der Waals surface area (Å²) in [5.74, 6) is -7.30. The fourth-order valence-electron chi connectivity index (χ4n) is 8.89. The third kappa shape index (κ3) is 18.1. The van der Waals surface area contributed by atoms with Gasteiger partial charge in [-0.1, -0.05) is 113 Å². The molecule has 6 aromatic rings. The molecule has 436 valence electrons. The molecule has 0 unspecified atom stereocenters. The van der Waals surface area contributed by atoms with Crippen molar-refractivity contribution in [3.8, 4) is 0 Å². The first kappa shape index (κ1) is 62.3. The van der Waals surface area contributed by atoms with Crippen LogP contribution in [-0.4, -0.2) is 133 Å². The van der Waals surface area contributed by atoms with E-state index in [0.717, 1.165) is 16.5 Å². The monoisotopic (exact) mass is 1150 g/mol. The average molecular weight is 1150 g/mol. The van der Waals surface area contributed by atoms with Gasteiger partial charge in [0, 0.05) is 71.6 Å². The molecule has 9 amide bonds. The van der Waals surface area contributed by atoms with Crippen LogP contribution in [0.5, 0.6) is 0 Å². The highest BCUT2D eigenvalue weighted by Crippen LogP contribution is 2.22. The summed E-state index contributed by atoms with van der Waals surface area (Å²) in [6.07, 6.45) is 7.38. The lowest BCUT2D eigenvalue weighted by molar-refractivity contribution is -0.136. The van der Waals surface area contributed by atoms with Gasteiger partial charge in [-0.3, -0.25) is 43.2 Å². The fraction of sp³-hybridized carbons (Fsp3) is 0.386. The smallest absolute Gasteiger partial charge is 0.243 e. The van der Waals surface area contributed by atoms with Crippen molar-refractivity contribution in [3.63, 3.8) is 0 Å². The summed E-state index contributed by atoms with van der Waals surface area (Å²) >= 11 is 6.34. The highest BCUT2D eigenvalue weighted by molar-refractivity contribution is 6.31. The summed E-state index contributed by atoms with van der Waals surface area (Å²) in [6, 6.07) is 13.4. The van der Waals surface area contributed by atoms with Crippen LogP contribution in [0.15, 0.2) is 110 Å². The van der Waals surface area contributed by atoms with Crippen LogP contribution in [0.3, 0.4) is 0 Å². The number of aromatic nitrogens is 5. The number of aromatic amines is 3. The SMILES string of the molecule is CC(C)[C@H](NC(=O)[C@H](C)NC(=O)[C@H](Cc1c[nH]c2ccccc12)NC(=O)[C@H](Cc1cnc[nH]1)NC(=O)[C@H](N)Cc1ccccc1Cl)C(=O)NCC(=O)N[C@@H](Cc1cnc[nH]1)C(=O)N[C@H](C(=O)N[C@@H](Cc1ccccc1)C(N)=O)C(C)(C)C. The zero-order chi connectivity index (χ0) is 59.7. The fourth-order valence-corrected chi connectivity index (χ4v) is 9.10. The molecular weight excluding hydrogens is 1070 g/mol. The van der Waals surface area contributed by atoms with E-state index in [9.17, 15) is 43.2 Å². The first-order chi connectivity index (χ1) is 39.0. The van der Waals surface area contributed by atoms with E-state index in [0.29, 0.717) is 27.5 Å². The number of halogens is 1. The second-order valence-corrected chi connectivity index (χ2v) is 21.8. The van der Waals surface area contributed by atoms with E-state index in [1.54, 1.807) is 89.3 Å². The Balaban J connectivity index is 1.10. The molecule has 0 aliphatic rings. The quantitative estimate of drug-likeness (QED) is 0.0325. The van der Waals surface area contributed by atoms with Gasteiger partial charge in [-0.15, -0.1) is 0 Å². The second kappa shape index (κ2) is 29.0. The second-order valence-electron chi connectivity index (χ2n) is 21.4. The number of para-hydroxylation sites is 1. The van der Waals surface area contributed by atoms with Crippen LogP contribution >= 0.6 is 11.6 Å². The van der Waals surface area contributed by atoms with Crippen molar-refractivity contribution in [2.24, 2.45) is 22.8 Å². The maximum absolute atomic E-state index is 14.4. The minimum absolute atomic E-state index is 0.0603. The molecule has 0 aliphatic heterocycles. The number of amides is 9. The Morgan fingerprint density at radius 1 is 0.561 bits per heavy atom. The molecule has 0 fully saturated rings. The molecule has 24 nitrogen and oxygen atoms in total. The molecule has 8 atom stereocenters. The van der Waals surface area contributed by atoms with Gasteiger partial charge in [-0.2, -0.15) is 0 Å². The minimum atomic E-state index is -1.32. The molecule has 0 saturated carbocycles. The Morgan fingerprint density at radius 2 is 1.12 bits per heavy atom. The molecule has 82 heavy (non-hydrogen) atoms. The lowest BCUT2D eigenvalue weighted by Gasteiger charge is -2.33. The zero-order valence-electron chi connectivity index (χ0n) is 46.4. The zero-order valence-corrected chi connectivity index (χ0v) is 47.2. The van der Waals surface area contributed by atoms with E-state index >= 15 is 0 Å². The van der Waals surface area contributed by atoms with Crippen LogP contribution in [0.25, 0.3) is 10.9 Å². The number of primary amides is 1. The lowest BCUT2D eigenvalue weighted by Crippen LogP contribution is -2.61. The molecule has 0 radical (unpaired) electrons. The van der Waals surface area contributed by atoms with Crippen molar-refractivity contribution in [1.29, 1.82) is 0 Å². The van der Waals surface area contributed by atoms with E-state index in [-0.39, 0.29) is 32.1 Å². The van der Waals surface area contributed by atoms with E-state index in [4.69, 9.17) is 23.1 Å². The maximum atomic E-state index is 14.4. The van der Waals surface area contributed by atoms with E-state index in [1.807, 2.05) is 30.3 Å². The van der Waals surface area contributed by atoms with E-state index in [2.05, 4.69) is 67.5 Å². The number of nitrogens with two attached hydrogens (primary N) is 2. The Bertz CT molecular complexity index is 3160. The summed E-state index contributed by atoms with van der Waals surface area (Å²) in [5.41, 5.74) is 14.8. The van der Waals surface area contributed by atoms with Crippen LogP contribution in [0.2, 0.25) is 5.02 Å². The van der Waals surface area contributed by atoms with Gasteiger partial charge in [0.25, 0.3) is 0 Å². The van der Waals surface area contributed by atoms with Crippen molar-refractivity contribution < 1.29 is 43.2 Å². The molecule has 0 saturated heterocycles. The standard InChI is InChI=1S/C57H72ClN15O9/c1-31(2)47(55(81)64-28-46(74)68-44(23-36-26-61-29-65-36)54(80)73-48(57(4,5)6)56(82)69-42(49(60)75)20-33-14-8-7-9-15-33)72-50(76)32(3)67-52(78)43(22-35-25-63-41-19-13-11-17-38(35)41)71-53(79)45(24-37-27-62-30-66-37)70-51(77)40(59)21-34-16-10-12-18-39(34)58/h7-19,25-27,29-32,40,42-45,47-48,63H,20-24,28,59H2,1-6H3,(H2,60,75)(H,61,65)(H,62,66)(H,64,81)(H,67,78)(H,68,74)(H,69,82)(H,70,77)(H,71,79)(H,72,76)(H,73,80)/t32-,40+,42-,43-,44-,45-,47-,48+/m0/s1. The summed E-state index contributed by atoms with van der Waals surface area (Å²) in [4.78, 5) is 141. The van der Waals surface area contributed by atoms with Crippen molar-refractivity contribution in [2.75, 3.05) is 6.54 Å². The number of nitrogens with zero attached hydrogens (tertiary/aromatic N) is 2. The van der Waals surface area contributed by atoms with Crippen molar-refractivity contribution in [1.82, 2.24) is 67.5 Å². The Labute approximate surface area is 479 Å². The topological polar surface area (TPSA) is 375 Å². The number of rotatable bonds is 28. The van der Waals surface area contributed by atoms with Gasteiger partial charge in [0.1, 0.15) is 42.3 Å². The molecule has 0 spiro atoms. The molecule has 3 aromatic carbocycles. The van der Waals surface area contributed by atoms with Crippen molar-refractivity contribution in [2.45, 2.75) is 122 Å². The molecule has 15 N–H and O–H groups in total. The molecular formula is C57H72ClN15O9. The van der Waals surface area contributed by atoms with Crippen molar-refractivity contribution >= 4 is 75.7 Å². The molecule has 25 heteroatoms.